The first kappa shape index (κ1) is 12.6. The first-order valence-electron chi connectivity index (χ1n) is 6.42. The summed E-state index contributed by atoms with van der Waals surface area (Å²) in [6, 6.07) is 5.36. The van der Waals surface area contributed by atoms with E-state index in [0.29, 0.717) is 22.2 Å². The van der Waals surface area contributed by atoms with E-state index in [1.165, 1.54) is 12.8 Å². The van der Waals surface area contributed by atoms with Crippen LogP contribution in [0.5, 0.6) is 5.75 Å². The SMILES string of the molecule is OC1CC(Oc2c(Cl)cccc2Cl)C12CCCC2. The zero-order valence-electron chi connectivity index (χ0n) is 10.0. The molecule has 2 unspecified atom stereocenters. The molecule has 4 heteroatoms. The van der Waals surface area contributed by atoms with Gasteiger partial charge in [0, 0.05) is 11.8 Å². The highest BCUT2D eigenvalue weighted by molar-refractivity contribution is 6.37. The van der Waals surface area contributed by atoms with Crippen LogP contribution >= 0.6 is 23.2 Å². The van der Waals surface area contributed by atoms with Crippen LogP contribution in [0.3, 0.4) is 0 Å². The second-order valence-electron chi connectivity index (χ2n) is 5.35. The van der Waals surface area contributed by atoms with Gasteiger partial charge in [0.15, 0.2) is 5.75 Å². The summed E-state index contributed by atoms with van der Waals surface area (Å²) in [5.41, 5.74) is -0.0531. The van der Waals surface area contributed by atoms with Crippen molar-refractivity contribution in [3.8, 4) is 5.75 Å². The van der Waals surface area contributed by atoms with Crippen molar-refractivity contribution in [1.29, 1.82) is 0 Å². The van der Waals surface area contributed by atoms with Gasteiger partial charge in [-0.05, 0) is 25.0 Å². The lowest BCUT2D eigenvalue weighted by Gasteiger charge is -2.51. The minimum Gasteiger partial charge on any atom is -0.487 e. The molecule has 0 radical (unpaired) electrons. The van der Waals surface area contributed by atoms with E-state index in [9.17, 15) is 5.11 Å². The van der Waals surface area contributed by atoms with Gasteiger partial charge in [0.2, 0.25) is 0 Å². The van der Waals surface area contributed by atoms with Crippen LogP contribution in [0.2, 0.25) is 10.0 Å². The molecule has 0 aliphatic heterocycles. The van der Waals surface area contributed by atoms with Gasteiger partial charge in [0.1, 0.15) is 6.10 Å². The summed E-state index contributed by atoms with van der Waals surface area (Å²) in [6.07, 6.45) is 4.93. The van der Waals surface area contributed by atoms with Crippen LogP contribution in [0.15, 0.2) is 18.2 Å². The minimum absolute atomic E-state index is 0.0485. The van der Waals surface area contributed by atoms with Gasteiger partial charge in [-0.2, -0.15) is 0 Å². The van der Waals surface area contributed by atoms with Crippen LogP contribution < -0.4 is 4.74 Å². The van der Waals surface area contributed by atoms with E-state index in [1.54, 1.807) is 18.2 Å². The summed E-state index contributed by atoms with van der Waals surface area (Å²) in [7, 11) is 0. The number of aliphatic hydroxyl groups is 1. The van der Waals surface area contributed by atoms with Crippen molar-refractivity contribution in [2.75, 3.05) is 0 Å². The van der Waals surface area contributed by atoms with E-state index >= 15 is 0 Å². The number of rotatable bonds is 2. The fraction of sp³-hybridized carbons (Fsp3) is 0.571. The number of hydrogen-bond acceptors (Lipinski definition) is 2. The van der Waals surface area contributed by atoms with Gasteiger partial charge in [-0.3, -0.25) is 0 Å². The molecular formula is C14H16Cl2O2. The van der Waals surface area contributed by atoms with Crippen molar-refractivity contribution >= 4 is 23.2 Å². The van der Waals surface area contributed by atoms with Gasteiger partial charge in [-0.25, -0.2) is 0 Å². The zero-order valence-corrected chi connectivity index (χ0v) is 11.5. The maximum atomic E-state index is 10.0. The minimum atomic E-state index is -0.230. The van der Waals surface area contributed by atoms with Gasteiger partial charge in [-0.15, -0.1) is 0 Å². The average Bonchev–Trinajstić information content (AvgIpc) is 2.84. The molecule has 1 N–H and O–H groups in total. The number of hydrogen-bond donors (Lipinski definition) is 1. The molecule has 1 aromatic carbocycles. The standard InChI is InChI=1S/C14H16Cl2O2/c15-9-4-3-5-10(16)13(9)18-12-8-11(17)14(12)6-1-2-7-14/h3-5,11-12,17H,1-2,6-8H2. The Kier molecular flexibility index (Phi) is 3.21. The van der Waals surface area contributed by atoms with Crippen LogP contribution in [-0.4, -0.2) is 17.3 Å². The summed E-state index contributed by atoms with van der Waals surface area (Å²) in [4.78, 5) is 0. The van der Waals surface area contributed by atoms with E-state index in [0.717, 1.165) is 12.8 Å². The highest BCUT2D eigenvalue weighted by Gasteiger charge is 2.57. The predicted octanol–water partition coefficient (Wildman–Crippen LogP) is 4.07. The molecule has 2 saturated carbocycles. The fourth-order valence-electron chi connectivity index (χ4n) is 3.32. The Labute approximate surface area is 117 Å². The molecule has 1 aromatic rings. The Hall–Kier alpha value is -0.440. The molecular weight excluding hydrogens is 271 g/mol. The van der Waals surface area contributed by atoms with Crippen molar-refractivity contribution < 1.29 is 9.84 Å². The van der Waals surface area contributed by atoms with E-state index < -0.39 is 0 Å². The fourth-order valence-corrected chi connectivity index (χ4v) is 3.80. The van der Waals surface area contributed by atoms with Crippen molar-refractivity contribution in [3.05, 3.63) is 28.2 Å². The molecule has 2 aliphatic carbocycles. The third-order valence-corrected chi connectivity index (χ3v) is 5.05. The summed E-state index contributed by atoms with van der Waals surface area (Å²) < 4.78 is 6.00. The Bertz CT molecular complexity index is 435. The Morgan fingerprint density at radius 2 is 1.78 bits per heavy atom. The molecule has 0 aromatic heterocycles. The lowest BCUT2D eigenvalue weighted by Crippen LogP contribution is -2.58. The predicted molar refractivity (Wildman–Crippen MR) is 72.4 cm³/mol. The molecule has 2 fully saturated rings. The van der Waals surface area contributed by atoms with Crippen LogP contribution in [-0.2, 0) is 0 Å². The average molecular weight is 287 g/mol. The highest BCUT2D eigenvalue weighted by atomic mass is 35.5. The summed E-state index contributed by atoms with van der Waals surface area (Å²) in [6.45, 7) is 0. The van der Waals surface area contributed by atoms with Crippen LogP contribution in [0, 0.1) is 5.41 Å². The first-order valence-corrected chi connectivity index (χ1v) is 7.18. The summed E-state index contributed by atoms with van der Waals surface area (Å²) in [5.74, 6) is 0.559. The smallest absolute Gasteiger partial charge is 0.156 e. The zero-order chi connectivity index (χ0) is 12.8. The third-order valence-electron chi connectivity index (χ3n) is 4.46. The highest BCUT2D eigenvalue weighted by Crippen LogP contribution is 2.55. The van der Waals surface area contributed by atoms with Crippen molar-refractivity contribution in [3.63, 3.8) is 0 Å². The number of benzene rings is 1. The molecule has 2 atom stereocenters. The molecule has 2 aliphatic rings. The quantitative estimate of drug-likeness (QED) is 0.888. The van der Waals surface area contributed by atoms with E-state index in [-0.39, 0.29) is 17.6 Å². The molecule has 0 saturated heterocycles. The first-order chi connectivity index (χ1) is 8.63. The van der Waals surface area contributed by atoms with Gasteiger partial charge < -0.3 is 9.84 Å². The number of aliphatic hydroxyl groups excluding tert-OH is 1. The molecule has 2 nitrogen and oxygen atoms in total. The second-order valence-corrected chi connectivity index (χ2v) is 6.16. The van der Waals surface area contributed by atoms with E-state index in [2.05, 4.69) is 0 Å². The lowest BCUT2D eigenvalue weighted by molar-refractivity contribution is -0.151. The summed E-state index contributed by atoms with van der Waals surface area (Å²) >= 11 is 12.2. The molecule has 1 spiro atoms. The van der Waals surface area contributed by atoms with Crippen molar-refractivity contribution in [2.24, 2.45) is 5.41 Å². The lowest BCUT2D eigenvalue weighted by atomic mass is 9.62. The van der Waals surface area contributed by atoms with E-state index in [1.807, 2.05) is 0 Å². The summed E-state index contributed by atoms with van der Waals surface area (Å²) in [5, 5.41) is 11.1. The maximum Gasteiger partial charge on any atom is 0.156 e. The Morgan fingerprint density at radius 1 is 1.17 bits per heavy atom. The molecule has 98 valence electrons. The topological polar surface area (TPSA) is 29.5 Å². The largest absolute Gasteiger partial charge is 0.487 e. The Morgan fingerprint density at radius 3 is 2.33 bits per heavy atom. The van der Waals surface area contributed by atoms with Gasteiger partial charge in [0.25, 0.3) is 0 Å². The number of ether oxygens (including phenoxy) is 1. The van der Waals surface area contributed by atoms with Crippen molar-refractivity contribution in [2.45, 2.75) is 44.3 Å². The molecule has 18 heavy (non-hydrogen) atoms. The van der Waals surface area contributed by atoms with E-state index in [4.69, 9.17) is 27.9 Å². The van der Waals surface area contributed by atoms with Crippen LogP contribution in [0.1, 0.15) is 32.1 Å². The van der Waals surface area contributed by atoms with Crippen LogP contribution in [0.25, 0.3) is 0 Å². The second kappa shape index (κ2) is 4.59. The van der Waals surface area contributed by atoms with Gasteiger partial charge >= 0.3 is 0 Å². The van der Waals surface area contributed by atoms with Gasteiger partial charge in [0.05, 0.1) is 16.1 Å². The third kappa shape index (κ3) is 1.82. The normalized spacial score (nSPS) is 29.3. The Balaban J connectivity index is 1.81. The molecule has 0 amide bonds. The molecule has 0 heterocycles. The monoisotopic (exact) mass is 286 g/mol. The van der Waals surface area contributed by atoms with Crippen LogP contribution in [0.4, 0.5) is 0 Å². The van der Waals surface area contributed by atoms with Crippen molar-refractivity contribution in [1.82, 2.24) is 0 Å². The molecule has 3 rings (SSSR count). The van der Waals surface area contributed by atoms with Gasteiger partial charge in [-0.1, -0.05) is 42.1 Å². The molecule has 0 bridgehead atoms. The number of halogens is 2. The number of para-hydroxylation sites is 1. The maximum absolute atomic E-state index is 10.0.